The van der Waals surface area contributed by atoms with Gasteiger partial charge in [0.1, 0.15) is 0 Å². The number of nitrogens with one attached hydrogen (secondary N) is 2. The van der Waals surface area contributed by atoms with E-state index in [9.17, 15) is 14.4 Å². The Morgan fingerprint density at radius 3 is 2.65 bits per heavy atom. The van der Waals surface area contributed by atoms with E-state index in [1.807, 2.05) is 17.9 Å². The number of benzene rings is 1. The first-order valence-corrected chi connectivity index (χ1v) is 12.2. The molecule has 186 valence electrons. The number of carbonyl (C=O) groups is 3. The van der Waals surface area contributed by atoms with Crippen molar-refractivity contribution in [1.29, 1.82) is 0 Å². The van der Waals surface area contributed by atoms with E-state index in [1.165, 1.54) is 4.90 Å². The molecule has 2 N–H and O–H groups in total. The van der Waals surface area contributed by atoms with Crippen LogP contribution in [0, 0.1) is 0 Å². The predicted octanol–water partition coefficient (Wildman–Crippen LogP) is 2.98. The molecule has 1 aromatic carbocycles. The van der Waals surface area contributed by atoms with Crippen LogP contribution >= 0.6 is 11.6 Å². The summed E-state index contributed by atoms with van der Waals surface area (Å²) in [6, 6.07) is 6.07. The van der Waals surface area contributed by atoms with Crippen molar-refractivity contribution in [3.05, 3.63) is 46.1 Å². The molecular formula is C24H34ClN5O4. The standard InChI is InChI=1S/C24H34ClN5O4/c1-4-11-26-23(32)30-13-8-12-29(14-15-30)16-19-20(22(31)34-5-2)21(27-24(33)28(19)3)17-9-6-7-10-18(17)25/h6-7,9-10,21H,4-5,8,11-16H2,1-3H3,(H,26,32)(H,27,33). The summed E-state index contributed by atoms with van der Waals surface area (Å²) < 4.78 is 5.39. The zero-order chi connectivity index (χ0) is 24.7. The summed E-state index contributed by atoms with van der Waals surface area (Å²) in [4.78, 5) is 43.9. The van der Waals surface area contributed by atoms with E-state index in [-0.39, 0.29) is 18.7 Å². The predicted molar refractivity (Wildman–Crippen MR) is 130 cm³/mol. The lowest BCUT2D eigenvalue weighted by Gasteiger charge is -2.36. The van der Waals surface area contributed by atoms with Crippen molar-refractivity contribution in [3.8, 4) is 0 Å². The highest BCUT2D eigenvalue weighted by Gasteiger charge is 2.38. The zero-order valence-corrected chi connectivity index (χ0v) is 20.9. The highest BCUT2D eigenvalue weighted by atomic mass is 35.5. The van der Waals surface area contributed by atoms with Gasteiger partial charge in [0.05, 0.1) is 18.2 Å². The largest absolute Gasteiger partial charge is 0.463 e. The third kappa shape index (κ3) is 6.01. The molecule has 2 aliphatic rings. The monoisotopic (exact) mass is 491 g/mol. The first kappa shape index (κ1) is 25.8. The fraction of sp³-hybridized carbons (Fsp3) is 0.542. The van der Waals surface area contributed by atoms with Crippen molar-refractivity contribution < 1.29 is 19.1 Å². The van der Waals surface area contributed by atoms with Crippen LogP contribution in [0.3, 0.4) is 0 Å². The quantitative estimate of drug-likeness (QED) is 0.572. The maximum atomic E-state index is 13.1. The Kier molecular flexibility index (Phi) is 9.18. The molecule has 0 saturated carbocycles. The van der Waals surface area contributed by atoms with E-state index in [1.54, 1.807) is 32.2 Å². The average Bonchev–Trinajstić information content (AvgIpc) is 3.06. The van der Waals surface area contributed by atoms with Gasteiger partial charge in [0.2, 0.25) is 0 Å². The number of urea groups is 2. The van der Waals surface area contributed by atoms with Crippen molar-refractivity contribution >= 4 is 29.6 Å². The van der Waals surface area contributed by atoms with Gasteiger partial charge in [-0.2, -0.15) is 0 Å². The third-order valence-electron chi connectivity index (χ3n) is 6.06. The molecule has 2 aliphatic heterocycles. The maximum Gasteiger partial charge on any atom is 0.338 e. The summed E-state index contributed by atoms with van der Waals surface area (Å²) in [5.41, 5.74) is 1.59. The van der Waals surface area contributed by atoms with E-state index in [4.69, 9.17) is 16.3 Å². The highest BCUT2D eigenvalue weighted by Crippen LogP contribution is 2.34. The van der Waals surface area contributed by atoms with E-state index >= 15 is 0 Å². The number of halogens is 1. The Morgan fingerprint density at radius 1 is 1.18 bits per heavy atom. The number of rotatable bonds is 7. The first-order valence-electron chi connectivity index (χ1n) is 11.8. The lowest BCUT2D eigenvalue weighted by Crippen LogP contribution is -2.49. The molecule has 34 heavy (non-hydrogen) atoms. The van der Waals surface area contributed by atoms with Crippen LogP contribution in [0.15, 0.2) is 35.5 Å². The fourth-order valence-corrected chi connectivity index (χ4v) is 4.47. The van der Waals surface area contributed by atoms with Gasteiger partial charge >= 0.3 is 18.0 Å². The molecular weight excluding hydrogens is 458 g/mol. The molecule has 0 bridgehead atoms. The minimum absolute atomic E-state index is 0.0527. The van der Waals surface area contributed by atoms with Gasteiger partial charge in [0, 0.05) is 57.0 Å². The molecule has 1 aromatic rings. The lowest BCUT2D eigenvalue weighted by molar-refractivity contribution is -0.139. The summed E-state index contributed by atoms with van der Waals surface area (Å²) in [5.74, 6) is -0.482. The molecule has 1 unspecified atom stereocenters. The van der Waals surface area contributed by atoms with Gasteiger partial charge in [0.15, 0.2) is 0 Å². The zero-order valence-electron chi connectivity index (χ0n) is 20.1. The van der Waals surface area contributed by atoms with E-state index in [0.717, 1.165) is 19.4 Å². The average molecular weight is 492 g/mol. The SMILES string of the molecule is CCCNC(=O)N1CCCN(CC2=C(C(=O)OCC)C(c3ccccc3Cl)NC(=O)N2C)CC1. The van der Waals surface area contributed by atoms with Crippen molar-refractivity contribution in [2.75, 3.05) is 52.9 Å². The van der Waals surface area contributed by atoms with E-state index in [0.29, 0.717) is 54.6 Å². The van der Waals surface area contributed by atoms with Crippen molar-refractivity contribution in [1.82, 2.24) is 25.3 Å². The molecule has 10 heteroatoms. The number of hydrogen-bond acceptors (Lipinski definition) is 5. The number of amides is 4. The Balaban J connectivity index is 1.89. The van der Waals surface area contributed by atoms with Crippen LogP contribution in [0.2, 0.25) is 5.02 Å². The van der Waals surface area contributed by atoms with Crippen molar-refractivity contribution in [3.63, 3.8) is 0 Å². The second kappa shape index (κ2) is 12.1. The Hall–Kier alpha value is -2.78. The van der Waals surface area contributed by atoms with Gasteiger partial charge in [-0.3, -0.25) is 9.80 Å². The van der Waals surface area contributed by atoms with Gasteiger partial charge in [-0.25, -0.2) is 14.4 Å². The van der Waals surface area contributed by atoms with Crippen LogP contribution in [0.4, 0.5) is 9.59 Å². The summed E-state index contributed by atoms with van der Waals surface area (Å²) in [6.45, 7) is 7.62. The summed E-state index contributed by atoms with van der Waals surface area (Å²) in [6.07, 6.45) is 1.68. The summed E-state index contributed by atoms with van der Waals surface area (Å²) in [5, 5.41) is 6.29. The van der Waals surface area contributed by atoms with Crippen LogP contribution in [0.1, 0.15) is 38.3 Å². The molecule has 2 heterocycles. The normalized spacial score (nSPS) is 19.5. The van der Waals surface area contributed by atoms with Gasteiger partial charge in [-0.15, -0.1) is 0 Å². The van der Waals surface area contributed by atoms with Gasteiger partial charge in [-0.05, 0) is 31.4 Å². The molecule has 9 nitrogen and oxygen atoms in total. The fourth-order valence-electron chi connectivity index (χ4n) is 4.23. The Bertz CT molecular complexity index is 938. The number of nitrogens with zero attached hydrogens (tertiary/aromatic N) is 3. The van der Waals surface area contributed by atoms with Crippen LogP contribution in [0.25, 0.3) is 0 Å². The molecule has 0 spiro atoms. The lowest BCUT2D eigenvalue weighted by atomic mass is 9.94. The van der Waals surface area contributed by atoms with Crippen LogP contribution < -0.4 is 10.6 Å². The van der Waals surface area contributed by atoms with E-state index in [2.05, 4.69) is 15.5 Å². The van der Waals surface area contributed by atoms with Gasteiger partial charge in [0.25, 0.3) is 0 Å². The van der Waals surface area contributed by atoms with Crippen molar-refractivity contribution in [2.24, 2.45) is 0 Å². The number of hydrogen-bond donors (Lipinski definition) is 2. The molecule has 1 fully saturated rings. The highest BCUT2D eigenvalue weighted by molar-refractivity contribution is 6.31. The minimum Gasteiger partial charge on any atom is -0.463 e. The molecule has 0 aliphatic carbocycles. The molecule has 1 saturated heterocycles. The molecule has 0 radical (unpaired) electrons. The summed E-state index contributed by atoms with van der Waals surface area (Å²) >= 11 is 6.44. The van der Waals surface area contributed by atoms with E-state index < -0.39 is 12.0 Å². The number of ether oxygens (including phenoxy) is 1. The topological polar surface area (TPSA) is 94.2 Å². The van der Waals surface area contributed by atoms with Gasteiger partial charge < -0.3 is 20.3 Å². The number of esters is 1. The number of carbonyl (C=O) groups excluding carboxylic acids is 3. The molecule has 1 atom stereocenters. The smallest absolute Gasteiger partial charge is 0.338 e. The maximum absolute atomic E-state index is 13.1. The molecule has 3 rings (SSSR count). The molecule has 4 amide bonds. The molecule has 0 aromatic heterocycles. The Labute approximate surface area is 206 Å². The minimum atomic E-state index is -0.713. The van der Waals surface area contributed by atoms with Crippen LogP contribution in [0.5, 0.6) is 0 Å². The number of likely N-dealkylation sites (N-methyl/N-ethyl adjacent to an activating group) is 1. The van der Waals surface area contributed by atoms with Crippen LogP contribution in [-0.2, 0) is 9.53 Å². The summed E-state index contributed by atoms with van der Waals surface area (Å²) in [7, 11) is 1.65. The second-order valence-corrected chi connectivity index (χ2v) is 8.80. The Morgan fingerprint density at radius 2 is 1.94 bits per heavy atom. The van der Waals surface area contributed by atoms with Crippen molar-refractivity contribution in [2.45, 2.75) is 32.7 Å². The third-order valence-corrected chi connectivity index (χ3v) is 6.41. The van der Waals surface area contributed by atoms with Gasteiger partial charge in [-0.1, -0.05) is 36.7 Å². The van der Waals surface area contributed by atoms with Crippen LogP contribution in [-0.4, -0.2) is 85.7 Å². The second-order valence-electron chi connectivity index (χ2n) is 8.39. The first-order chi connectivity index (χ1) is 16.4.